The van der Waals surface area contributed by atoms with Gasteiger partial charge in [-0.15, -0.1) is 5.06 Å². The third-order valence-electron chi connectivity index (χ3n) is 3.36. The van der Waals surface area contributed by atoms with Crippen molar-refractivity contribution in [2.75, 3.05) is 13.1 Å². The Labute approximate surface area is 138 Å². The van der Waals surface area contributed by atoms with E-state index in [0.717, 1.165) is 12.8 Å². The number of nitrogens with zero attached hydrogens (tertiary/aromatic N) is 1. The van der Waals surface area contributed by atoms with Crippen molar-refractivity contribution >= 4 is 21.9 Å². The van der Waals surface area contributed by atoms with Gasteiger partial charge in [-0.25, -0.2) is 9.18 Å². The molecular weight excluding hydrogens is 353 g/mol. The molecule has 1 aromatic rings. The molecule has 0 saturated carbocycles. The number of piperidine rings is 1. The number of hydroxylamine groups is 2. The van der Waals surface area contributed by atoms with Crippen molar-refractivity contribution in [3.63, 3.8) is 0 Å². The van der Waals surface area contributed by atoms with Crippen LogP contribution in [0.5, 0.6) is 5.75 Å². The van der Waals surface area contributed by atoms with Crippen LogP contribution in [-0.2, 0) is 9.63 Å². The summed E-state index contributed by atoms with van der Waals surface area (Å²) in [5.41, 5.74) is -0.513. The maximum atomic E-state index is 13.3. The van der Waals surface area contributed by atoms with Crippen LogP contribution < -0.4 is 4.74 Å². The maximum absolute atomic E-state index is 13.3. The van der Waals surface area contributed by atoms with Crippen molar-refractivity contribution in [1.29, 1.82) is 0 Å². The minimum absolute atomic E-state index is 0.00158. The molecule has 0 aliphatic carbocycles. The first-order valence-electron chi connectivity index (χ1n) is 7.34. The van der Waals surface area contributed by atoms with Crippen LogP contribution in [0.4, 0.5) is 4.39 Å². The fourth-order valence-corrected chi connectivity index (χ4v) is 2.53. The van der Waals surface area contributed by atoms with Gasteiger partial charge in [0.2, 0.25) is 0 Å². The molecule has 122 valence electrons. The molecule has 4 nitrogen and oxygen atoms in total. The van der Waals surface area contributed by atoms with E-state index >= 15 is 0 Å². The van der Waals surface area contributed by atoms with Crippen LogP contribution in [0.15, 0.2) is 22.7 Å². The first-order valence-corrected chi connectivity index (χ1v) is 8.13. The highest BCUT2D eigenvalue weighted by Gasteiger charge is 2.28. The quantitative estimate of drug-likeness (QED) is 0.804. The third-order valence-corrected chi connectivity index (χ3v) is 3.82. The van der Waals surface area contributed by atoms with Gasteiger partial charge in [-0.2, -0.15) is 0 Å². The van der Waals surface area contributed by atoms with Gasteiger partial charge < -0.3 is 9.57 Å². The molecule has 1 aliphatic heterocycles. The van der Waals surface area contributed by atoms with Crippen molar-refractivity contribution < 1.29 is 18.8 Å². The SMILES string of the molecule is CC(C)(C)C(=O)ON1CCC(Oc2cc(F)cc(Br)c2)CC1. The van der Waals surface area contributed by atoms with Crippen LogP contribution in [0.25, 0.3) is 0 Å². The molecular formula is C16H21BrFNO3. The van der Waals surface area contributed by atoms with E-state index in [2.05, 4.69) is 15.9 Å². The Hall–Kier alpha value is -1.14. The lowest BCUT2D eigenvalue weighted by Crippen LogP contribution is -2.41. The zero-order chi connectivity index (χ0) is 16.3. The van der Waals surface area contributed by atoms with Crippen LogP contribution in [-0.4, -0.2) is 30.2 Å². The molecule has 0 N–H and O–H groups in total. The smallest absolute Gasteiger partial charge is 0.330 e. The summed E-state index contributed by atoms with van der Waals surface area (Å²) in [4.78, 5) is 17.2. The van der Waals surface area contributed by atoms with Gasteiger partial charge in [0, 0.05) is 36.5 Å². The Kier molecular flexibility index (Phi) is 5.45. The normalized spacial score (nSPS) is 17.3. The highest BCUT2D eigenvalue weighted by molar-refractivity contribution is 9.10. The molecule has 0 unspecified atom stereocenters. The van der Waals surface area contributed by atoms with E-state index in [1.165, 1.54) is 12.1 Å². The molecule has 6 heteroatoms. The number of carbonyl (C=O) groups is 1. The number of benzene rings is 1. The molecule has 1 fully saturated rings. The first kappa shape index (κ1) is 17.2. The largest absolute Gasteiger partial charge is 0.490 e. The summed E-state index contributed by atoms with van der Waals surface area (Å²) >= 11 is 3.25. The summed E-state index contributed by atoms with van der Waals surface area (Å²) in [6.45, 7) is 6.71. The predicted molar refractivity (Wildman–Crippen MR) is 84.9 cm³/mol. The molecule has 2 rings (SSSR count). The minimum atomic E-state index is -0.513. The highest BCUT2D eigenvalue weighted by Crippen LogP contribution is 2.25. The summed E-state index contributed by atoms with van der Waals surface area (Å²) in [5, 5.41) is 1.68. The van der Waals surface area contributed by atoms with E-state index in [4.69, 9.17) is 9.57 Å². The van der Waals surface area contributed by atoms with Gasteiger partial charge in [0.05, 0.1) is 5.41 Å². The van der Waals surface area contributed by atoms with Gasteiger partial charge in [0.25, 0.3) is 0 Å². The van der Waals surface area contributed by atoms with E-state index in [9.17, 15) is 9.18 Å². The number of hydrogen-bond donors (Lipinski definition) is 0. The molecule has 0 aromatic heterocycles. The fourth-order valence-electron chi connectivity index (χ4n) is 2.08. The summed E-state index contributed by atoms with van der Waals surface area (Å²) in [7, 11) is 0. The molecule has 1 aliphatic rings. The summed E-state index contributed by atoms with van der Waals surface area (Å²) < 4.78 is 19.8. The Bertz CT molecular complexity index is 516. The van der Waals surface area contributed by atoms with Gasteiger partial charge in [0.1, 0.15) is 17.7 Å². The van der Waals surface area contributed by atoms with E-state index in [-0.39, 0.29) is 17.9 Å². The Morgan fingerprint density at radius 3 is 2.45 bits per heavy atom. The standard InChI is InChI=1S/C16H21BrFNO3/c1-16(2,3)15(20)22-19-6-4-13(5-7-19)21-14-9-11(17)8-12(18)10-14/h8-10,13H,4-7H2,1-3H3. The van der Waals surface area contributed by atoms with E-state index in [0.29, 0.717) is 23.3 Å². The van der Waals surface area contributed by atoms with Crippen molar-refractivity contribution in [3.05, 3.63) is 28.5 Å². The molecule has 0 amide bonds. The second-order valence-electron chi connectivity index (χ2n) is 6.48. The summed E-state index contributed by atoms with van der Waals surface area (Å²) in [6, 6.07) is 4.51. The van der Waals surface area contributed by atoms with E-state index < -0.39 is 5.41 Å². The lowest BCUT2D eigenvalue weighted by Gasteiger charge is -2.32. The molecule has 0 bridgehead atoms. The topological polar surface area (TPSA) is 38.8 Å². The van der Waals surface area contributed by atoms with Crippen LogP contribution in [0.2, 0.25) is 0 Å². The van der Waals surface area contributed by atoms with Crippen molar-refractivity contribution in [1.82, 2.24) is 5.06 Å². The first-order chi connectivity index (χ1) is 10.2. The fraction of sp³-hybridized carbons (Fsp3) is 0.562. The molecule has 1 saturated heterocycles. The Balaban J connectivity index is 1.83. The average molecular weight is 374 g/mol. The number of rotatable bonds is 3. The second kappa shape index (κ2) is 6.96. The second-order valence-corrected chi connectivity index (χ2v) is 7.40. The van der Waals surface area contributed by atoms with Crippen molar-refractivity contribution in [2.45, 2.75) is 39.7 Å². The van der Waals surface area contributed by atoms with Gasteiger partial charge >= 0.3 is 5.97 Å². The van der Waals surface area contributed by atoms with Gasteiger partial charge in [-0.1, -0.05) is 15.9 Å². The number of hydrogen-bond acceptors (Lipinski definition) is 4. The zero-order valence-electron chi connectivity index (χ0n) is 13.1. The van der Waals surface area contributed by atoms with Gasteiger partial charge in [0.15, 0.2) is 0 Å². The Morgan fingerprint density at radius 1 is 1.27 bits per heavy atom. The summed E-state index contributed by atoms with van der Waals surface area (Å²) in [5.74, 6) is -0.0566. The lowest BCUT2D eigenvalue weighted by atomic mass is 9.98. The predicted octanol–water partition coefficient (Wildman–Crippen LogP) is 3.94. The molecule has 22 heavy (non-hydrogen) atoms. The van der Waals surface area contributed by atoms with E-state index in [1.54, 1.807) is 11.1 Å². The van der Waals surface area contributed by atoms with Crippen LogP contribution >= 0.6 is 15.9 Å². The summed E-state index contributed by atoms with van der Waals surface area (Å²) in [6.07, 6.45) is 1.45. The van der Waals surface area contributed by atoms with Crippen LogP contribution in [0.1, 0.15) is 33.6 Å². The average Bonchev–Trinajstić information content (AvgIpc) is 2.38. The molecule has 1 heterocycles. The van der Waals surface area contributed by atoms with Gasteiger partial charge in [-0.3, -0.25) is 0 Å². The Morgan fingerprint density at radius 2 is 1.91 bits per heavy atom. The molecule has 1 aromatic carbocycles. The van der Waals surface area contributed by atoms with Gasteiger partial charge in [-0.05, 0) is 32.9 Å². The monoisotopic (exact) mass is 373 g/mol. The zero-order valence-corrected chi connectivity index (χ0v) is 14.7. The van der Waals surface area contributed by atoms with E-state index in [1.807, 2.05) is 20.8 Å². The minimum Gasteiger partial charge on any atom is -0.490 e. The number of carbonyl (C=O) groups excluding carboxylic acids is 1. The molecule has 0 radical (unpaired) electrons. The van der Waals surface area contributed by atoms with Crippen LogP contribution in [0.3, 0.4) is 0 Å². The maximum Gasteiger partial charge on any atom is 0.330 e. The number of halogens is 2. The molecule has 0 spiro atoms. The number of ether oxygens (including phenoxy) is 1. The third kappa shape index (κ3) is 4.95. The van der Waals surface area contributed by atoms with Crippen LogP contribution in [0, 0.1) is 11.2 Å². The van der Waals surface area contributed by atoms with Crippen molar-refractivity contribution in [2.24, 2.45) is 5.41 Å². The molecule has 0 atom stereocenters. The lowest BCUT2D eigenvalue weighted by molar-refractivity contribution is -0.207. The van der Waals surface area contributed by atoms with Crippen molar-refractivity contribution in [3.8, 4) is 5.75 Å². The highest BCUT2D eigenvalue weighted by atomic mass is 79.9.